The van der Waals surface area contributed by atoms with Crippen LogP contribution in [0.15, 0.2) is 53.6 Å². The molecule has 0 spiro atoms. The van der Waals surface area contributed by atoms with Gasteiger partial charge in [0.05, 0.1) is 24.8 Å². The molecule has 2 aromatic carbocycles. The van der Waals surface area contributed by atoms with Crippen LogP contribution < -0.4 is 10.0 Å². The number of aliphatic hydroxyl groups is 1. The number of fused-ring (bicyclic) bond motifs is 1. The van der Waals surface area contributed by atoms with E-state index in [4.69, 9.17) is 9.57 Å². The number of amidine groups is 1. The first kappa shape index (κ1) is 24.4. The molecule has 3 atom stereocenters. The molecule has 0 amide bonds. The fourth-order valence-electron chi connectivity index (χ4n) is 4.87. The molecule has 3 unspecified atom stereocenters. The number of aryl methyl sites for hydroxylation is 1. The standard InChI is InChI=1S/C26H27F2N4O3P/c1-15-13-31(14-29-15)21-7-6-17(10-22(21)34-3)9-18-5-4-8-32-25(18)30-35-26(32,16(2)33)19-11-20(27)24(28)23(36)12-19/h6-7,9-14,16,33H,4-5,8,36H2,1-3H3/b18-9-. The molecule has 7 nitrogen and oxygen atoms in total. The Hall–Kier alpha value is -3.29. The van der Waals surface area contributed by atoms with Gasteiger partial charge in [0.25, 0.3) is 5.72 Å². The Morgan fingerprint density at radius 3 is 2.75 bits per heavy atom. The van der Waals surface area contributed by atoms with E-state index in [0.29, 0.717) is 23.7 Å². The second-order valence-electron chi connectivity index (χ2n) is 9.02. The van der Waals surface area contributed by atoms with Crippen LogP contribution in [0.4, 0.5) is 8.78 Å². The van der Waals surface area contributed by atoms with Crippen molar-refractivity contribution < 1.29 is 23.5 Å². The van der Waals surface area contributed by atoms with Crippen molar-refractivity contribution in [1.29, 1.82) is 0 Å². The molecule has 3 heterocycles. The van der Waals surface area contributed by atoms with Crippen LogP contribution in [0.5, 0.6) is 5.75 Å². The summed E-state index contributed by atoms with van der Waals surface area (Å²) in [5.41, 5.74) is 2.42. The number of hydrogen-bond acceptors (Lipinski definition) is 6. The molecule has 0 aliphatic carbocycles. The maximum Gasteiger partial charge on any atom is 0.263 e. The summed E-state index contributed by atoms with van der Waals surface area (Å²) in [5.74, 6) is -0.716. The van der Waals surface area contributed by atoms with Gasteiger partial charge in [0.2, 0.25) is 0 Å². The fraction of sp³-hybridized carbons (Fsp3) is 0.308. The molecule has 1 saturated heterocycles. The van der Waals surface area contributed by atoms with Crippen molar-refractivity contribution in [2.45, 2.75) is 38.5 Å². The summed E-state index contributed by atoms with van der Waals surface area (Å²) in [5, 5.41) is 15.2. The number of halogens is 2. The van der Waals surface area contributed by atoms with Crippen molar-refractivity contribution in [3.05, 3.63) is 76.9 Å². The lowest BCUT2D eigenvalue weighted by atomic mass is 9.91. The first-order valence-corrected chi connectivity index (χ1v) is 12.2. The van der Waals surface area contributed by atoms with Crippen LogP contribution in [0.2, 0.25) is 0 Å². The Labute approximate surface area is 210 Å². The van der Waals surface area contributed by atoms with E-state index in [1.807, 2.05) is 46.9 Å². The highest BCUT2D eigenvalue weighted by Crippen LogP contribution is 2.43. The van der Waals surface area contributed by atoms with E-state index in [-0.39, 0.29) is 5.30 Å². The number of hydrogen-bond donors (Lipinski definition) is 1. The van der Waals surface area contributed by atoms with Gasteiger partial charge in [-0.1, -0.05) is 11.2 Å². The Morgan fingerprint density at radius 1 is 1.28 bits per heavy atom. The first-order valence-electron chi connectivity index (χ1n) is 11.6. The van der Waals surface area contributed by atoms with Crippen LogP contribution in [-0.4, -0.2) is 45.2 Å². The Bertz CT molecular complexity index is 1360. The molecule has 0 radical (unpaired) electrons. The first-order chi connectivity index (χ1) is 17.2. The third-order valence-corrected chi connectivity index (χ3v) is 7.03. The average molecular weight is 512 g/mol. The zero-order valence-corrected chi connectivity index (χ0v) is 21.4. The van der Waals surface area contributed by atoms with Crippen LogP contribution in [0, 0.1) is 18.6 Å². The minimum absolute atomic E-state index is 0.0510. The van der Waals surface area contributed by atoms with Crippen LogP contribution in [-0.2, 0) is 10.6 Å². The molecular formula is C26H27F2N4O3P. The van der Waals surface area contributed by atoms with Crippen molar-refractivity contribution >= 4 is 26.5 Å². The van der Waals surface area contributed by atoms with E-state index < -0.39 is 23.5 Å². The van der Waals surface area contributed by atoms with Crippen molar-refractivity contribution in [2.24, 2.45) is 5.16 Å². The zero-order chi connectivity index (χ0) is 25.6. The van der Waals surface area contributed by atoms with Crippen LogP contribution in [0.1, 0.15) is 36.6 Å². The van der Waals surface area contributed by atoms with Crippen molar-refractivity contribution in [3.63, 3.8) is 0 Å². The van der Waals surface area contributed by atoms with Gasteiger partial charge in [-0.3, -0.25) is 0 Å². The van der Waals surface area contributed by atoms with E-state index >= 15 is 0 Å². The summed E-state index contributed by atoms with van der Waals surface area (Å²) < 4.78 is 35.9. The number of rotatable bonds is 5. The number of methoxy groups -OCH3 is 1. The lowest BCUT2D eigenvalue weighted by Crippen LogP contribution is -2.55. The molecule has 1 aromatic heterocycles. The second-order valence-corrected chi connectivity index (χ2v) is 9.64. The maximum atomic E-state index is 14.3. The molecule has 0 saturated carbocycles. The summed E-state index contributed by atoms with van der Waals surface area (Å²) in [6.45, 7) is 4.02. The highest BCUT2D eigenvalue weighted by molar-refractivity contribution is 7.27. The molecule has 1 N–H and O–H groups in total. The van der Waals surface area contributed by atoms with Gasteiger partial charge in [-0.05, 0) is 68.2 Å². The monoisotopic (exact) mass is 512 g/mol. The summed E-state index contributed by atoms with van der Waals surface area (Å²) >= 11 is 0. The zero-order valence-electron chi connectivity index (χ0n) is 20.2. The largest absolute Gasteiger partial charge is 0.495 e. The highest BCUT2D eigenvalue weighted by Gasteiger charge is 2.53. The van der Waals surface area contributed by atoms with Gasteiger partial charge >= 0.3 is 0 Å². The van der Waals surface area contributed by atoms with Gasteiger partial charge in [0.15, 0.2) is 17.5 Å². The van der Waals surface area contributed by atoms with Crippen molar-refractivity contribution in [3.8, 4) is 11.4 Å². The number of piperidine rings is 1. The number of aromatic nitrogens is 2. The molecule has 36 heavy (non-hydrogen) atoms. The topological polar surface area (TPSA) is 72.1 Å². The molecule has 3 aromatic rings. The minimum atomic E-state index is -1.46. The molecular weight excluding hydrogens is 485 g/mol. The van der Waals surface area contributed by atoms with E-state index in [1.54, 1.807) is 20.4 Å². The lowest BCUT2D eigenvalue weighted by molar-refractivity contribution is -0.173. The number of benzene rings is 2. The lowest BCUT2D eigenvalue weighted by Gasteiger charge is -2.41. The maximum absolute atomic E-state index is 14.3. The quantitative estimate of drug-likeness (QED) is 0.523. The SMILES string of the molecule is COc1cc(/C=C2/CCCN3C2=NOC3(c2cc(F)c(F)c(P)c2)C(C)O)ccc1-n1cnc(C)c1. The predicted molar refractivity (Wildman–Crippen MR) is 136 cm³/mol. The van der Waals surface area contributed by atoms with Crippen LogP contribution >= 0.6 is 9.24 Å². The molecule has 10 heteroatoms. The molecule has 2 aliphatic rings. The normalized spacial score (nSPS) is 21.2. The fourth-order valence-corrected chi connectivity index (χ4v) is 5.19. The molecule has 0 bridgehead atoms. The Kier molecular flexibility index (Phi) is 6.30. The van der Waals surface area contributed by atoms with E-state index in [9.17, 15) is 13.9 Å². The number of ether oxygens (including phenoxy) is 1. The molecule has 2 aliphatic heterocycles. The van der Waals surface area contributed by atoms with Crippen molar-refractivity contribution in [2.75, 3.05) is 13.7 Å². The average Bonchev–Trinajstić information content (AvgIpc) is 3.47. The summed E-state index contributed by atoms with van der Waals surface area (Å²) in [7, 11) is 3.81. The van der Waals surface area contributed by atoms with E-state index in [1.165, 1.54) is 6.07 Å². The summed E-state index contributed by atoms with van der Waals surface area (Å²) in [6, 6.07) is 8.40. The van der Waals surface area contributed by atoms with Crippen LogP contribution in [0.25, 0.3) is 11.8 Å². The molecule has 5 rings (SSSR count). The van der Waals surface area contributed by atoms with Gasteiger partial charge in [-0.25, -0.2) is 13.8 Å². The summed E-state index contributed by atoms with van der Waals surface area (Å²) in [6.07, 6.45) is 6.10. The van der Waals surface area contributed by atoms with Crippen molar-refractivity contribution in [1.82, 2.24) is 14.5 Å². The highest BCUT2D eigenvalue weighted by atomic mass is 31.0. The Balaban J connectivity index is 1.51. The third-order valence-electron chi connectivity index (χ3n) is 6.61. The Morgan fingerprint density at radius 2 is 2.08 bits per heavy atom. The predicted octanol–water partition coefficient (Wildman–Crippen LogP) is 4.02. The molecule has 1 fully saturated rings. The van der Waals surface area contributed by atoms with E-state index in [2.05, 4.69) is 19.4 Å². The van der Waals surface area contributed by atoms with E-state index in [0.717, 1.165) is 41.4 Å². The number of nitrogens with zero attached hydrogens (tertiary/aromatic N) is 4. The van der Waals surface area contributed by atoms with Gasteiger partial charge in [0, 0.05) is 23.6 Å². The minimum Gasteiger partial charge on any atom is -0.495 e. The van der Waals surface area contributed by atoms with Gasteiger partial charge in [-0.15, -0.1) is 9.24 Å². The van der Waals surface area contributed by atoms with Crippen LogP contribution in [0.3, 0.4) is 0 Å². The number of imidazole rings is 1. The number of oxime groups is 1. The van der Waals surface area contributed by atoms with Gasteiger partial charge < -0.3 is 24.1 Å². The van der Waals surface area contributed by atoms with Gasteiger partial charge in [-0.2, -0.15) is 0 Å². The second kappa shape index (κ2) is 9.30. The number of aliphatic hydroxyl groups excluding tert-OH is 1. The summed E-state index contributed by atoms with van der Waals surface area (Å²) in [4.78, 5) is 12.0. The molecule has 188 valence electrons. The van der Waals surface area contributed by atoms with Gasteiger partial charge in [0.1, 0.15) is 11.9 Å². The smallest absolute Gasteiger partial charge is 0.263 e. The third kappa shape index (κ3) is 3.96.